The fraction of sp³-hybridized carbons (Fsp3) is 0.625. The topological polar surface area (TPSA) is 32.5 Å². The van der Waals surface area contributed by atoms with Crippen LogP contribution in [0.25, 0.3) is 0 Å². The molecule has 2 atom stereocenters. The van der Waals surface area contributed by atoms with Crippen molar-refractivity contribution in [1.82, 2.24) is 9.80 Å². The lowest BCUT2D eigenvalue weighted by atomic mass is 10.0. The summed E-state index contributed by atoms with van der Waals surface area (Å²) in [6, 6.07) is 5.36. The van der Waals surface area contributed by atoms with Gasteiger partial charge in [-0.2, -0.15) is 0 Å². The Hall–Kier alpha value is -0.680. The standard InChI is InChI=1S/C16H25ClFN3/c1-3-12(2)20-4-6-21(7-5-20)16(11-19)13-8-14(17)10-15(18)9-13/h8-10,12,16H,3-7,11,19H2,1-2H3. The summed E-state index contributed by atoms with van der Waals surface area (Å²) < 4.78 is 13.6. The molecule has 3 nitrogen and oxygen atoms in total. The van der Waals surface area contributed by atoms with Crippen LogP contribution in [0.5, 0.6) is 0 Å². The zero-order valence-corrected chi connectivity index (χ0v) is 13.6. The molecule has 1 aliphatic rings. The van der Waals surface area contributed by atoms with E-state index < -0.39 is 0 Å². The van der Waals surface area contributed by atoms with Crippen LogP contribution in [0.4, 0.5) is 4.39 Å². The highest BCUT2D eigenvalue weighted by molar-refractivity contribution is 6.30. The molecule has 2 rings (SSSR count). The molecule has 21 heavy (non-hydrogen) atoms. The maximum Gasteiger partial charge on any atom is 0.125 e. The van der Waals surface area contributed by atoms with Gasteiger partial charge in [-0.15, -0.1) is 0 Å². The Kier molecular flexibility index (Phi) is 5.99. The van der Waals surface area contributed by atoms with Crippen molar-refractivity contribution in [2.24, 2.45) is 5.73 Å². The van der Waals surface area contributed by atoms with E-state index in [4.69, 9.17) is 17.3 Å². The lowest BCUT2D eigenvalue weighted by Crippen LogP contribution is -2.51. The molecule has 1 aromatic carbocycles. The van der Waals surface area contributed by atoms with E-state index in [-0.39, 0.29) is 11.9 Å². The fourth-order valence-electron chi connectivity index (χ4n) is 3.01. The van der Waals surface area contributed by atoms with E-state index in [2.05, 4.69) is 23.6 Å². The van der Waals surface area contributed by atoms with E-state index in [0.29, 0.717) is 17.6 Å². The Bertz CT molecular complexity index is 441. The molecule has 0 amide bonds. The average molecular weight is 314 g/mol. The summed E-state index contributed by atoms with van der Waals surface area (Å²) in [5, 5.41) is 0.432. The third-order valence-electron chi connectivity index (χ3n) is 4.50. The van der Waals surface area contributed by atoms with Crippen LogP contribution in [-0.2, 0) is 0 Å². The molecule has 2 unspecified atom stereocenters. The van der Waals surface area contributed by atoms with E-state index in [9.17, 15) is 4.39 Å². The largest absolute Gasteiger partial charge is 0.329 e. The molecule has 1 fully saturated rings. The third kappa shape index (κ3) is 4.16. The number of hydrogen-bond acceptors (Lipinski definition) is 3. The predicted molar refractivity (Wildman–Crippen MR) is 86.1 cm³/mol. The van der Waals surface area contributed by atoms with Crippen LogP contribution in [-0.4, -0.2) is 48.6 Å². The van der Waals surface area contributed by atoms with Gasteiger partial charge in [-0.05, 0) is 37.1 Å². The maximum absolute atomic E-state index is 13.6. The van der Waals surface area contributed by atoms with Gasteiger partial charge in [0, 0.05) is 49.8 Å². The monoisotopic (exact) mass is 313 g/mol. The molecule has 2 N–H and O–H groups in total. The summed E-state index contributed by atoms with van der Waals surface area (Å²) in [7, 11) is 0. The molecule has 0 radical (unpaired) electrons. The van der Waals surface area contributed by atoms with Crippen molar-refractivity contribution < 1.29 is 4.39 Å². The summed E-state index contributed by atoms with van der Waals surface area (Å²) >= 11 is 5.97. The summed E-state index contributed by atoms with van der Waals surface area (Å²) in [6.45, 7) is 8.95. The molecular formula is C16H25ClFN3. The number of rotatable bonds is 5. The van der Waals surface area contributed by atoms with Crippen molar-refractivity contribution in [3.8, 4) is 0 Å². The van der Waals surface area contributed by atoms with E-state index in [1.165, 1.54) is 12.5 Å². The predicted octanol–water partition coefficient (Wildman–Crippen LogP) is 2.90. The molecule has 0 bridgehead atoms. The van der Waals surface area contributed by atoms with Crippen LogP contribution in [0.3, 0.4) is 0 Å². The molecule has 0 spiro atoms. The minimum Gasteiger partial charge on any atom is -0.329 e. The van der Waals surface area contributed by atoms with Gasteiger partial charge >= 0.3 is 0 Å². The van der Waals surface area contributed by atoms with Gasteiger partial charge < -0.3 is 5.73 Å². The quantitative estimate of drug-likeness (QED) is 0.907. The summed E-state index contributed by atoms with van der Waals surface area (Å²) in [6.07, 6.45) is 1.17. The molecule has 118 valence electrons. The molecule has 1 aromatic rings. The molecule has 0 saturated carbocycles. The molecular weight excluding hydrogens is 289 g/mol. The van der Waals surface area contributed by atoms with Gasteiger partial charge in [0.1, 0.15) is 5.82 Å². The van der Waals surface area contributed by atoms with Crippen molar-refractivity contribution in [2.75, 3.05) is 32.7 Å². The zero-order valence-electron chi connectivity index (χ0n) is 12.9. The van der Waals surface area contributed by atoms with E-state index in [1.54, 1.807) is 6.07 Å². The van der Waals surface area contributed by atoms with Gasteiger partial charge in [0.25, 0.3) is 0 Å². The van der Waals surface area contributed by atoms with Gasteiger partial charge in [0.05, 0.1) is 0 Å². The second-order valence-electron chi connectivity index (χ2n) is 5.78. The first-order valence-electron chi connectivity index (χ1n) is 7.69. The first-order valence-corrected chi connectivity index (χ1v) is 8.07. The number of benzene rings is 1. The van der Waals surface area contributed by atoms with Crippen molar-refractivity contribution in [3.63, 3.8) is 0 Å². The second kappa shape index (κ2) is 7.54. The summed E-state index contributed by atoms with van der Waals surface area (Å²) in [5.74, 6) is -0.297. The first kappa shape index (κ1) is 16.7. The molecule has 1 aliphatic heterocycles. The Morgan fingerprint density at radius 3 is 2.33 bits per heavy atom. The van der Waals surface area contributed by atoms with Gasteiger partial charge in [0.15, 0.2) is 0 Å². The number of halogens is 2. The molecule has 1 saturated heterocycles. The van der Waals surface area contributed by atoms with Crippen molar-refractivity contribution in [3.05, 3.63) is 34.6 Å². The van der Waals surface area contributed by atoms with Crippen LogP contribution >= 0.6 is 11.6 Å². The molecule has 0 aliphatic carbocycles. The van der Waals surface area contributed by atoms with Crippen molar-refractivity contribution >= 4 is 11.6 Å². The van der Waals surface area contributed by atoms with Crippen LogP contribution in [0.2, 0.25) is 5.02 Å². The van der Waals surface area contributed by atoms with Crippen LogP contribution < -0.4 is 5.73 Å². The van der Waals surface area contributed by atoms with Crippen molar-refractivity contribution in [2.45, 2.75) is 32.4 Å². The van der Waals surface area contributed by atoms with Gasteiger partial charge in [-0.1, -0.05) is 18.5 Å². The number of hydrogen-bond donors (Lipinski definition) is 1. The van der Waals surface area contributed by atoms with E-state index in [1.807, 2.05) is 6.07 Å². The molecule has 5 heteroatoms. The Labute approximate surface area is 131 Å². The highest BCUT2D eigenvalue weighted by Gasteiger charge is 2.26. The number of nitrogens with zero attached hydrogens (tertiary/aromatic N) is 2. The van der Waals surface area contributed by atoms with Crippen molar-refractivity contribution in [1.29, 1.82) is 0 Å². The van der Waals surface area contributed by atoms with Crippen LogP contribution in [0.1, 0.15) is 31.9 Å². The zero-order chi connectivity index (χ0) is 15.4. The van der Waals surface area contributed by atoms with E-state index >= 15 is 0 Å². The highest BCUT2D eigenvalue weighted by atomic mass is 35.5. The second-order valence-corrected chi connectivity index (χ2v) is 6.22. The maximum atomic E-state index is 13.6. The number of nitrogens with two attached hydrogens (primary N) is 1. The first-order chi connectivity index (χ1) is 10.0. The van der Waals surface area contributed by atoms with Gasteiger partial charge in [0.2, 0.25) is 0 Å². The van der Waals surface area contributed by atoms with Crippen LogP contribution in [0, 0.1) is 5.82 Å². The minimum atomic E-state index is -0.297. The molecule has 1 heterocycles. The minimum absolute atomic E-state index is 0.0392. The van der Waals surface area contributed by atoms with Gasteiger partial charge in [-0.25, -0.2) is 4.39 Å². The summed E-state index contributed by atoms with van der Waals surface area (Å²) in [5.41, 5.74) is 6.81. The Balaban J connectivity index is 2.06. The smallest absolute Gasteiger partial charge is 0.125 e. The normalized spacial score (nSPS) is 20.4. The average Bonchev–Trinajstić information content (AvgIpc) is 2.47. The van der Waals surface area contributed by atoms with Crippen LogP contribution in [0.15, 0.2) is 18.2 Å². The van der Waals surface area contributed by atoms with E-state index in [0.717, 1.165) is 31.7 Å². The summed E-state index contributed by atoms with van der Waals surface area (Å²) in [4.78, 5) is 4.84. The third-order valence-corrected chi connectivity index (χ3v) is 4.71. The lowest BCUT2D eigenvalue weighted by molar-refractivity contribution is 0.0743. The number of piperazine rings is 1. The highest BCUT2D eigenvalue weighted by Crippen LogP contribution is 2.25. The molecule has 0 aromatic heterocycles. The lowest BCUT2D eigenvalue weighted by Gasteiger charge is -2.41. The van der Waals surface area contributed by atoms with Gasteiger partial charge in [-0.3, -0.25) is 9.80 Å². The fourth-order valence-corrected chi connectivity index (χ4v) is 3.24. The Morgan fingerprint density at radius 1 is 1.19 bits per heavy atom. The SMILES string of the molecule is CCC(C)N1CCN(C(CN)c2cc(F)cc(Cl)c2)CC1. The Morgan fingerprint density at radius 2 is 1.81 bits per heavy atom.